The summed E-state index contributed by atoms with van der Waals surface area (Å²) in [5, 5.41) is 11.5. The van der Waals surface area contributed by atoms with Gasteiger partial charge in [-0.15, -0.1) is 0 Å². The summed E-state index contributed by atoms with van der Waals surface area (Å²) in [6.07, 6.45) is -1.14. The lowest BCUT2D eigenvalue weighted by atomic mass is 9.85. The Morgan fingerprint density at radius 1 is 1.14 bits per heavy atom. The number of aliphatic carboxylic acids is 1. The number of hydrogen-bond acceptors (Lipinski definition) is 5. The summed E-state index contributed by atoms with van der Waals surface area (Å²) < 4.78 is 9.53. The number of carbonyl (C=O) groups excluding carboxylic acids is 2. The smallest absolute Gasteiger partial charge is 0.410 e. The van der Waals surface area contributed by atoms with E-state index in [0.29, 0.717) is 0 Å². The fourth-order valence-corrected chi connectivity index (χ4v) is 1.92. The molecule has 122 valence electrons. The molecule has 2 N–H and O–H groups in total. The molecular weight excluding hydrogens is 278 g/mol. The zero-order valence-corrected chi connectivity index (χ0v) is 13.2. The van der Waals surface area contributed by atoms with Crippen molar-refractivity contribution in [1.82, 2.24) is 5.32 Å². The molecule has 1 amide bonds. The Bertz CT molecular complexity index is 370. The zero-order valence-electron chi connectivity index (χ0n) is 13.2. The van der Waals surface area contributed by atoms with Crippen LogP contribution in [0.3, 0.4) is 0 Å². The maximum Gasteiger partial charge on any atom is 0.410 e. The predicted molar refractivity (Wildman–Crippen MR) is 75.5 cm³/mol. The summed E-state index contributed by atoms with van der Waals surface area (Å²) >= 11 is 0. The third-order valence-corrected chi connectivity index (χ3v) is 3.48. The van der Waals surface area contributed by atoms with Crippen molar-refractivity contribution in [1.29, 1.82) is 0 Å². The Hall–Kier alpha value is -1.79. The van der Waals surface area contributed by atoms with E-state index in [1.54, 1.807) is 0 Å². The summed E-state index contributed by atoms with van der Waals surface area (Å²) in [7, 11) is 0. The van der Waals surface area contributed by atoms with Gasteiger partial charge in [-0.3, -0.25) is 9.59 Å². The van der Waals surface area contributed by atoms with E-state index in [2.05, 4.69) is 10.1 Å². The molecule has 21 heavy (non-hydrogen) atoms. The average molecular weight is 303 g/mol. The molecular formula is C14H25NO6. The Morgan fingerprint density at radius 3 is 2.14 bits per heavy atom. The van der Waals surface area contributed by atoms with Crippen molar-refractivity contribution in [3.63, 3.8) is 0 Å². The van der Waals surface area contributed by atoms with Gasteiger partial charge in [0.15, 0.2) is 0 Å². The second-order valence-electron chi connectivity index (χ2n) is 5.18. The van der Waals surface area contributed by atoms with Crippen LogP contribution in [0.4, 0.5) is 4.79 Å². The molecule has 0 heterocycles. The maximum atomic E-state index is 11.7. The molecule has 0 radical (unpaired) electrons. The third kappa shape index (κ3) is 8.16. The molecule has 0 aliphatic heterocycles. The average Bonchev–Trinajstić information content (AvgIpc) is 2.34. The molecule has 7 heteroatoms. The highest BCUT2D eigenvalue weighted by Crippen LogP contribution is 2.20. The van der Waals surface area contributed by atoms with E-state index in [0.717, 1.165) is 6.42 Å². The Morgan fingerprint density at radius 2 is 1.71 bits per heavy atom. The van der Waals surface area contributed by atoms with Crippen LogP contribution < -0.4 is 5.32 Å². The SMILES string of the molecule is CC[C@@H](C)[C@@H](C)[C@@H](CC(=O)O)NC(=O)O[C@H](C)OC(C)=O. The number of carbonyl (C=O) groups is 3. The molecule has 0 aliphatic rings. The lowest BCUT2D eigenvalue weighted by Crippen LogP contribution is -2.44. The highest BCUT2D eigenvalue weighted by molar-refractivity contribution is 5.71. The van der Waals surface area contributed by atoms with Crippen molar-refractivity contribution in [3.8, 4) is 0 Å². The maximum absolute atomic E-state index is 11.7. The van der Waals surface area contributed by atoms with E-state index >= 15 is 0 Å². The first-order valence-corrected chi connectivity index (χ1v) is 7.03. The van der Waals surface area contributed by atoms with Crippen molar-refractivity contribution in [2.24, 2.45) is 11.8 Å². The van der Waals surface area contributed by atoms with Crippen molar-refractivity contribution in [2.45, 2.75) is 59.8 Å². The summed E-state index contributed by atoms with van der Waals surface area (Å²) in [5.41, 5.74) is 0. The lowest BCUT2D eigenvalue weighted by molar-refractivity contribution is -0.162. The third-order valence-electron chi connectivity index (χ3n) is 3.48. The lowest BCUT2D eigenvalue weighted by Gasteiger charge is -2.28. The van der Waals surface area contributed by atoms with Crippen molar-refractivity contribution >= 4 is 18.0 Å². The normalized spacial score (nSPS) is 16.2. The molecule has 0 bridgehead atoms. The molecule has 0 aromatic carbocycles. The number of esters is 1. The van der Waals surface area contributed by atoms with Gasteiger partial charge >= 0.3 is 18.0 Å². The molecule has 0 aliphatic carbocycles. The molecule has 7 nitrogen and oxygen atoms in total. The van der Waals surface area contributed by atoms with Crippen molar-refractivity contribution < 1.29 is 29.0 Å². The first-order valence-electron chi connectivity index (χ1n) is 7.03. The summed E-state index contributed by atoms with van der Waals surface area (Å²) in [4.78, 5) is 33.4. The molecule has 0 aromatic heterocycles. The van der Waals surface area contributed by atoms with Gasteiger partial charge in [0.05, 0.1) is 6.42 Å². The molecule has 0 unspecified atom stereocenters. The number of rotatable bonds is 8. The molecule has 0 saturated heterocycles. The van der Waals surface area contributed by atoms with Gasteiger partial charge in [-0.25, -0.2) is 4.79 Å². The number of nitrogens with one attached hydrogen (secondary N) is 1. The quantitative estimate of drug-likeness (QED) is 0.526. The standard InChI is InChI=1S/C14H25NO6/c1-6-8(2)9(3)12(7-13(17)18)15-14(19)21-11(5)20-10(4)16/h8-9,11-12H,6-7H2,1-5H3,(H,15,19)(H,17,18)/t8-,9-,11-,12-/m1/s1. The highest BCUT2D eigenvalue weighted by Gasteiger charge is 2.27. The van der Waals surface area contributed by atoms with Crippen LogP contribution in [0.15, 0.2) is 0 Å². The van der Waals surface area contributed by atoms with Crippen LogP contribution >= 0.6 is 0 Å². The van der Waals surface area contributed by atoms with Crippen LogP contribution in [0, 0.1) is 11.8 Å². The second-order valence-corrected chi connectivity index (χ2v) is 5.18. The molecule has 0 fully saturated rings. The highest BCUT2D eigenvalue weighted by atomic mass is 16.7. The molecule has 0 spiro atoms. The minimum atomic E-state index is -1.02. The van der Waals surface area contributed by atoms with E-state index in [4.69, 9.17) is 9.84 Å². The predicted octanol–water partition coefficient (Wildman–Crippen LogP) is 2.15. The fourth-order valence-electron chi connectivity index (χ4n) is 1.92. The van der Waals surface area contributed by atoms with Crippen LogP contribution in [0.1, 0.15) is 47.5 Å². The molecule has 4 atom stereocenters. The fraction of sp³-hybridized carbons (Fsp3) is 0.786. The van der Waals surface area contributed by atoms with Gasteiger partial charge in [-0.05, 0) is 11.8 Å². The van der Waals surface area contributed by atoms with Crippen LogP contribution in [-0.2, 0) is 19.1 Å². The van der Waals surface area contributed by atoms with E-state index in [9.17, 15) is 14.4 Å². The van der Waals surface area contributed by atoms with E-state index in [1.165, 1.54) is 13.8 Å². The summed E-state index contributed by atoms with van der Waals surface area (Å²) in [6.45, 7) is 8.49. The van der Waals surface area contributed by atoms with Crippen LogP contribution in [0.5, 0.6) is 0 Å². The van der Waals surface area contributed by atoms with Gasteiger partial charge in [0.25, 0.3) is 0 Å². The van der Waals surface area contributed by atoms with Crippen LogP contribution in [0.2, 0.25) is 0 Å². The number of carboxylic acids is 1. The minimum Gasteiger partial charge on any atom is -0.481 e. The zero-order chi connectivity index (χ0) is 16.6. The van der Waals surface area contributed by atoms with E-state index in [-0.39, 0.29) is 18.3 Å². The molecule has 0 saturated carbocycles. The number of carboxylic acid groups (broad SMARTS) is 1. The Kier molecular flexibility index (Phi) is 8.42. The minimum absolute atomic E-state index is 0.0253. The second kappa shape index (κ2) is 9.20. The van der Waals surface area contributed by atoms with Crippen molar-refractivity contribution in [3.05, 3.63) is 0 Å². The van der Waals surface area contributed by atoms with E-state index in [1.807, 2.05) is 20.8 Å². The van der Waals surface area contributed by atoms with Gasteiger partial charge in [-0.2, -0.15) is 0 Å². The number of amides is 1. The van der Waals surface area contributed by atoms with Crippen LogP contribution in [-0.4, -0.2) is 35.5 Å². The first kappa shape index (κ1) is 19.2. The number of hydrogen-bond donors (Lipinski definition) is 2. The van der Waals surface area contributed by atoms with Gasteiger partial charge in [0.2, 0.25) is 6.29 Å². The number of alkyl carbamates (subject to hydrolysis) is 1. The summed E-state index contributed by atoms with van der Waals surface area (Å²) in [5.74, 6) is -1.34. The first-order chi connectivity index (χ1) is 9.67. The topological polar surface area (TPSA) is 102 Å². The monoisotopic (exact) mass is 303 g/mol. The Labute approximate surface area is 125 Å². The molecule has 0 aromatic rings. The van der Waals surface area contributed by atoms with Gasteiger partial charge in [0.1, 0.15) is 0 Å². The van der Waals surface area contributed by atoms with Gasteiger partial charge in [-0.1, -0.05) is 27.2 Å². The Balaban J connectivity index is 4.62. The van der Waals surface area contributed by atoms with Gasteiger partial charge < -0.3 is 19.9 Å². The van der Waals surface area contributed by atoms with Crippen molar-refractivity contribution in [2.75, 3.05) is 0 Å². The van der Waals surface area contributed by atoms with E-state index < -0.39 is 30.4 Å². The molecule has 0 rings (SSSR count). The number of ether oxygens (including phenoxy) is 2. The summed E-state index contributed by atoms with van der Waals surface area (Å²) in [6, 6.07) is -0.547. The van der Waals surface area contributed by atoms with Gasteiger partial charge in [0, 0.05) is 19.9 Å². The largest absolute Gasteiger partial charge is 0.481 e. The van der Waals surface area contributed by atoms with Crippen LogP contribution in [0.25, 0.3) is 0 Å².